The van der Waals surface area contributed by atoms with Crippen LogP contribution >= 0.6 is 23.4 Å². The fourth-order valence-corrected chi connectivity index (χ4v) is 4.90. The molecule has 1 N–H and O–H groups in total. The Kier molecular flexibility index (Phi) is 11.2. The van der Waals surface area contributed by atoms with E-state index in [9.17, 15) is 9.59 Å². The molecule has 0 unspecified atom stereocenters. The van der Waals surface area contributed by atoms with Gasteiger partial charge in [0.15, 0.2) is 0 Å². The highest BCUT2D eigenvalue weighted by Gasteiger charge is 2.30. The molecule has 36 heavy (non-hydrogen) atoms. The van der Waals surface area contributed by atoms with Crippen molar-refractivity contribution < 1.29 is 14.3 Å². The zero-order chi connectivity index (χ0) is 25.8. The maximum absolute atomic E-state index is 13.6. The number of ether oxygens (including phenoxy) is 1. The molecule has 190 valence electrons. The van der Waals surface area contributed by atoms with Crippen LogP contribution in [0.5, 0.6) is 5.75 Å². The Bertz CT molecular complexity index is 1110. The quantitative estimate of drug-likeness (QED) is 0.309. The highest BCUT2D eigenvalue weighted by molar-refractivity contribution is 7.99. The first-order valence-electron chi connectivity index (χ1n) is 12.1. The second-order valence-electron chi connectivity index (χ2n) is 8.49. The van der Waals surface area contributed by atoms with Gasteiger partial charge in [0.05, 0.1) is 12.9 Å². The number of hydrogen-bond acceptors (Lipinski definition) is 4. The smallest absolute Gasteiger partial charge is 0.243 e. The lowest BCUT2D eigenvalue weighted by atomic mass is 10.0. The number of benzene rings is 3. The molecule has 3 rings (SSSR count). The molecular formula is C29H33ClN2O3S. The zero-order valence-electron chi connectivity index (χ0n) is 20.8. The van der Waals surface area contributed by atoms with Crippen LogP contribution < -0.4 is 10.1 Å². The van der Waals surface area contributed by atoms with Gasteiger partial charge >= 0.3 is 0 Å². The molecule has 0 heterocycles. The van der Waals surface area contributed by atoms with E-state index in [-0.39, 0.29) is 17.6 Å². The van der Waals surface area contributed by atoms with Crippen LogP contribution in [0.4, 0.5) is 0 Å². The molecule has 0 aromatic heterocycles. The lowest BCUT2D eigenvalue weighted by Crippen LogP contribution is -2.51. The van der Waals surface area contributed by atoms with Crippen LogP contribution in [-0.2, 0) is 28.3 Å². The lowest BCUT2D eigenvalue weighted by molar-refractivity contribution is -0.139. The van der Waals surface area contributed by atoms with E-state index in [1.165, 1.54) is 11.8 Å². The lowest BCUT2D eigenvalue weighted by Gasteiger charge is -2.31. The van der Waals surface area contributed by atoms with Gasteiger partial charge in [-0.25, -0.2) is 0 Å². The normalized spacial score (nSPS) is 11.5. The van der Waals surface area contributed by atoms with Gasteiger partial charge in [0, 0.05) is 30.3 Å². The van der Waals surface area contributed by atoms with Gasteiger partial charge in [-0.3, -0.25) is 9.59 Å². The Morgan fingerprint density at radius 1 is 0.972 bits per heavy atom. The van der Waals surface area contributed by atoms with Crippen molar-refractivity contribution in [2.45, 2.75) is 38.1 Å². The molecule has 0 saturated carbocycles. The number of carbonyl (C=O) groups excluding carboxylic acids is 2. The largest absolute Gasteiger partial charge is 0.497 e. The van der Waals surface area contributed by atoms with E-state index in [0.717, 1.165) is 28.9 Å². The Balaban J connectivity index is 1.81. The van der Waals surface area contributed by atoms with Gasteiger partial charge in [0.2, 0.25) is 11.8 Å². The van der Waals surface area contributed by atoms with Crippen molar-refractivity contribution in [2.75, 3.05) is 19.4 Å². The minimum atomic E-state index is -0.632. The summed E-state index contributed by atoms with van der Waals surface area (Å²) >= 11 is 7.76. The second kappa shape index (κ2) is 14.6. The predicted octanol–water partition coefficient (Wildman–Crippen LogP) is 5.75. The molecule has 1 atom stereocenters. The van der Waals surface area contributed by atoms with Crippen molar-refractivity contribution >= 4 is 35.2 Å². The van der Waals surface area contributed by atoms with E-state index >= 15 is 0 Å². The first-order valence-corrected chi connectivity index (χ1v) is 13.6. The fourth-order valence-electron chi connectivity index (χ4n) is 3.81. The van der Waals surface area contributed by atoms with E-state index in [1.807, 2.05) is 79.7 Å². The summed E-state index contributed by atoms with van der Waals surface area (Å²) in [5.41, 5.74) is 3.00. The van der Waals surface area contributed by atoms with Crippen LogP contribution in [0.1, 0.15) is 30.0 Å². The summed E-state index contributed by atoms with van der Waals surface area (Å²) in [6, 6.07) is 24.4. The summed E-state index contributed by atoms with van der Waals surface area (Å²) in [6.45, 7) is 2.88. The highest BCUT2D eigenvalue weighted by atomic mass is 35.5. The van der Waals surface area contributed by atoms with Crippen LogP contribution in [-0.4, -0.2) is 42.2 Å². The van der Waals surface area contributed by atoms with Crippen molar-refractivity contribution in [3.63, 3.8) is 0 Å². The highest BCUT2D eigenvalue weighted by Crippen LogP contribution is 2.21. The summed E-state index contributed by atoms with van der Waals surface area (Å²) in [4.78, 5) is 28.6. The average molecular weight is 525 g/mol. The molecule has 3 aromatic rings. The minimum absolute atomic E-state index is 0.0823. The molecule has 0 aliphatic carbocycles. The molecule has 0 radical (unpaired) electrons. The predicted molar refractivity (Wildman–Crippen MR) is 148 cm³/mol. The van der Waals surface area contributed by atoms with Crippen molar-refractivity contribution in [1.29, 1.82) is 0 Å². The van der Waals surface area contributed by atoms with E-state index in [4.69, 9.17) is 16.3 Å². The van der Waals surface area contributed by atoms with Gasteiger partial charge in [0.25, 0.3) is 0 Å². The van der Waals surface area contributed by atoms with Crippen molar-refractivity contribution in [3.8, 4) is 5.75 Å². The Morgan fingerprint density at radius 2 is 1.69 bits per heavy atom. The molecule has 0 saturated heterocycles. The fraction of sp³-hybridized carbons (Fsp3) is 0.310. The Labute approximate surface area is 223 Å². The summed E-state index contributed by atoms with van der Waals surface area (Å²) < 4.78 is 5.22. The maximum atomic E-state index is 13.6. The van der Waals surface area contributed by atoms with Crippen molar-refractivity contribution in [3.05, 3.63) is 101 Å². The maximum Gasteiger partial charge on any atom is 0.243 e. The monoisotopic (exact) mass is 524 g/mol. The molecule has 0 spiro atoms. The molecule has 0 aliphatic heterocycles. The number of rotatable bonds is 13. The van der Waals surface area contributed by atoms with Crippen LogP contribution in [0.25, 0.3) is 0 Å². The molecule has 7 heteroatoms. The van der Waals surface area contributed by atoms with E-state index in [0.29, 0.717) is 30.3 Å². The number of carbonyl (C=O) groups is 2. The van der Waals surface area contributed by atoms with E-state index < -0.39 is 6.04 Å². The summed E-state index contributed by atoms with van der Waals surface area (Å²) in [5.74, 6) is 1.53. The van der Waals surface area contributed by atoms with Crippen LogP contribution in [0, 0.1) is 0 Å². The Morgan fingerprint density at radius 3 is 2.36 bits per heavy atom. The first-order chi connectivity index (χ1) is 17.5. The van der Waals surface area contributed by atoms with Gasteiger partial charge in [-0.05, 0) is 47.4 Å². The topological polar surface area (TPSA) is 58.6 Å². The van der Waals surface area contributed by atoms with Gasteiger partial charge in [0.1, 0.15) is 11.8 Å². The summed E-state index contributed by atoms with van der Waals surface area (Å²) in [7, 11) is 1.64. The zero-order valence-corrected chi connectivity index (χ0v) is 22.4. The third kappa shape index (κ3) is 8.61. The molecule has 0 fully saturated rings. The van der Waals surface area contributed by atoms with Gasteiger partial charge in [-0.15, -0.1) is 11.8 Å². The third-order valence-corrected chi connectivity index (χ3v) is 6.94. The first kappa shape index (κ1) is 27.6. The van der Waals surface area contributed by atoms with Crippen molar-refractivity contribution in [1.82, 2.24) is 10.2 Å². The number of nitrogens with one attached hydrogen (secondary N) is 1. The molecule has 0 aliphatic rings. The van der Waals surface area contributed by atoms with E-state index in [2.05, 4.69) is 5.32 Å². The van der Waals surface area contributed by atoms with Crippen LogP contribution in [0.3, 0.4) is 0 Å². The Hall–Kier alpha value is -2.96. The SMILES string of the molecule is CCCNC(=O)[C@@H](Cc1ccccc1)N(Cc1cccc(Cl)c1)C(=O)CSCc1ccc(OC)cc1. The van der Waals surface area contributed by atoms with Crippen molar-refractivity contribution in [2.24, 2.45) is 0 Å². The molecule has 3 aromatic carbocycles. The average Bonchev–Trinajstić information content (AvgIpc) is 2.90. The third-order valence-electron chi connectivity index (χ3n) is 5.72. The minimum Gasteiger partial charge on any atom is -0.497 e. The number of thioether (sulfide) groups is 1. The number of halogens is 1. The van der Waals surface area contributed by atoms with Gasteiger partial charge < -0.3 is 15.0 Å². The number of methoxy groups -OCH3 is 1. The molecular weight excluding hydrogens is 492 g/mol. The summed E-state index contributed by atoms with van der Waals surface area (Å²) in [5, 5.41) is 3.60. The molecule has 2 amide bonds. The van der Waals surface area contributed by atoms with Crippen LogP contribution in [0.2, 0.25) is 5.02 Å². The second-order valence-corrected chi connectivity index (χ2v) is 9.91. The molecule has 0 bridgehead atoms. The summed E-state index contributed by atoms with van der Waals surface area (Å²) in [6.07, 6.45) is 1.26. The number of nitrogens with zero attached hydrogens (tertiary/aromatic N) is 1. The number of hydrogen-bond donors (Lipinski definition) is 1. The van der Waals surface area contributed by atoms with Crippen LogP contribution in [0.15, 0.2) is 78.9 Å². The molecule has 5 nitrogen and oxygen atoms in total. The van der Waals surface area contributed by atoms with E-state index in [1.54, 1.807) is 18.1 Å². The van der Waals surface area contributed by atoms with Gasteiger partial charge in [-0.1, -0.05) is 73.1 Å². The number of amides is 2. The standard InChI is InChI=1S/C29H33ClN2O3S/c1-3-16-31-29(34)27(18-22-8-5-4-6-9-22)32(19-24-10-7-11-25(30)17-24)28(33)21-36-20-23-12-14-26(35-2)15-13-23/h4-15,17,27H,3,16,18-21H2,1-2H3,(H,31,34)/t27-/m1/s1. The van der Waals surface area contributed by atoms with Gasteiger partial charge in [-0.2, -0.15) is 0 Å².